The minimum Gasteiger partial charge on any atom is -0.283 e. The first-order valence-electron chi connectivity index (χ1n) is 10.6. The fourth-order valence-electron chi connectivity index (χ4n) is 4.13. The van der Waals surface area contributed by atoms with Crippen molar-refractivity contribution in [3.63, 3.8) is 0 Å². The Morgan fingerprint density at radius 3 is 2.52 bits per heavy atom. The lowest BCUT2D eigenvalue weighted by Crippen LogP contribution is -2.10. The maximum Gasteiger partial charge on any atom is 0.175 e. The van der Waals surface area contributed by atoms with Crippen LogP contribution < -0.4 is 0 Å². The van der Waals surface area contributed by atoms with Crippen molar-refractivity contribution in [2.75, 3.05) is 6.26 Å². The molecular weight excluding hydrogens is 432 g/mol. The summed E-state index contributed by atoms with van der Waals surface area (Å²) in [7, 11) is -3.32. The molecule has 7 heteroatoms. The number of para-hydroxylation sites is 2. The summed E-state index contributed by atoms with van der Waals surface area (Å²) in [6.07, 6.45) is 8.99. The van der Waals surface area contributed by atoms with Crippen molar-refractivity contribution in [3.8, 4) is 5.82 Å². The van der Waals surface area contributed by atoms with Crippen molar-refractivity contribution in [2.24, 2.45) is 0 Å². The van der Waals surface area contributed by atoms with Crippen LogP contribution in [0.3, 0.4) is 0 Å². The second-order valence-corrected chi connectivity index (χ2v) is 9.99. The maximum atomic E-state index is 12.2. The van der Waals surface area contributed by atoms with Crippen LogP contribution in [0.15, 0.2) is 103 Å². The van der Waals surface area contributed by atoms with E-state index in [1.807, 2.05) is 59.3 Å². The number of aromatic nitrogens is 4. The van der Waals surface area contributed by atoms with E-state index < -0.39 is 9.84 Å². The SMILES string of the molecule is CS(=O)(=O)c1cccc(C(Cc2cccnc2-n2cnc3ccccc32)c2cccnc2)c1. The summed E-state index contributed by atoms with van der Waals surface area (Å²) in [6.45, 7) is 0. The standard InChI is InChI=1S/C26H22N4O2S/c1-33(31,32)22-10-4-7-19(15-22)23(21-9-5-13-27-17-21)16-20-8-6-14-28-26(20)30-18-29-24-11-2-3-12-25(24)30/h2-15,17-18,23H,16H2,1H3. The van der Waals surface area contributed by atoms with Gasteiger partial charge >= 0.3 is 0 Å². The molecule has 3 heterocycles. The first-order chi connectivity index (χ1) is 16.0. The monoisotopic (exact) mass is 454 g/mol. The number of rotatable bonds is 6. The smallest absolute Gasteiger partial charge is 0.175 e. The second-order valence-electron chi connectivity index (χ2n) is 7.98. The molecule has 0 radical (unpaired) electrons. The van der Waals surface area contributed by atoms with Gasteiger partial charge in [0.25, 0.3) is 0 Å². The van der Waals surface area contributed by atoms with Crippen LogP contribution in [0.5, 0.6) is 0 Å². The minimum atomic E-state index is -3.32. The van der Waals surface area contributed by atoms with Crippen molar-refractivity contribution >= 4 is 20.9 Å². The molecule has 2 aromatic carbocycles. The molecule has 0 aliphatic rings. The van der Waals surface area contributed by atoms with E-state index in [-0.39, 0.29) is 5.92 Å². The number of nitrogens with zero attached hydrogens (tertiary/aromatic N) is 4. The molecule has 0 spiro atoms. The van der Waals surface area contributed by atoms with Crippen LogP contribution in [0.25, 0.3) is 16.9 Å². The summed E-state index contributed by atoms with van der Waals surface area (Å²) in [5, 5.41) is 0. The van der Waals surface area contributed by atoms with Gasteiger partial charge in [0.05, 0.1) is 15.9 Å². The van der Waals surface area contributed by atoms with Crippen LogP contribution in [-0.2, 0) is 16.3 Å². The van der Waals surface area contributed by atoms with Gasteiger partial charge in [0.15, 0.2) is 9.84 Å². The summed E-state index contributed by atoms with van der Waals surface area (Å²) < 4.78 is 26.4. The summed E-state index contributed by atoms with van der Waals surface area (Å²) in [4.78, 5) is 13.8. The highest BCUT2D eigenvalue weighted by molar-refractivity contribution is 7.90. The summed E-state index contributed by atoms with van der Waals surface area (Å²) >= 11 is 0. The predicted octanol–water partition coefficient (Wildman–Crippen LogP) is 4.59. The third kappa shape index (κ3) is 4.27. The number of imidazole rings is 1. The topological polar surface area (TPSA) is 77.7 Å². The van der Waals surface area contributed by atoms with E-state index in [9.17, 15) is 8.42 Å². The van der Waals surface area contributed by atoms with Crippen LogP contribution in [0.4, 0.5) is 0 Å². The van der Waals surface area contributed by atoms with Crippen LogP contribution in [0.1, 0.15) is 22.6 Å². The molecule has 0 N–H and O–H groups in total. The number of pyridine rings is 2. The van der Waals surface area contributed by atoms with E-state index in [0.29, 0.717) is 11.3 Å². The van der Waals surface area contributed by atoms with Gasteiger partial charge < -0.3 is 0 Å². The van der Waals surface area contributed by atoms with E-state index in [1.54, 1.807) is 36.9 Å². The molecule has 3 aromatic heterocycles. The summed E-state index contributed by atoms with van der Waals surface area (Å²) in [5.41, 5.74) is 4.83. The third-order valence-electron chi connectivity index (χ3n) is 5.75. The Morgan fingerprint density at radius 1 is 0.879 bits per heavy atom. The van der Waals surface area contributed by atoms with Gasteiger partial charge in [-0.15, -0.1) is 0 Å². The number of fused-ring (bicyclic) bond motifs is 1. The molecule has 0 bridgehead atoms. The van der Waals surface area contributed by atoms with Gasteiger partial charge in [0, 0.05) is 30.8 Å². The Bertz CT molecular complexity index is 1530. The lowest BCUT2D eigenvalue weighted by atomic mass is 9.87. The lowest BCUT2D eigenvalue weighted by molar-refractivity contribution is 0.601. The first-order valence-corrected chi connectivity index (χ1v) is 12.5. The molecule has 0 saturated carbocycles. The molecule has 1 unspecified atom stereocenters. The third-order valence-corrected chi connectivity index (χ3v) is 6.86. The van der Waals surface area contributed by atoms with E-state index in [4.69, 9.17) is 0 Å². The van der Waals surface area contributed by atoms with Crippen molar-refractivity contribution in [1.29, 1.82) is 0 Å². The Balaban J connectivity index is 1.63. The highest BCUT2D eigenvalue weighted by atomic mass is 32.2. The zero-order valence-electron chi connectivity index (χ0n) is 18.0. The molecule has 5 rings (SSSR count). The van der Waals surface area contributed by atoms with Crippen molar-refractivity contribution < 1.29 is 8.42 Å². The number of hydrogen-bond acceptors (Lipinski definition) is 5. The molecule has 0 aliphatic heterocycles. The van der Waals surface area contributed by atoms with Gasteiger partial charge in [-0.2, -0.15) is 0 Å². The van der Waals surface area contributed by atoms with Gasteiger partial charge in [-0.3, -0.25) is 9.55 Å². The molecule has 0 aliphatic carbocycles. The Hall–Kier alpha value is -3.84. The normalized spacial score (nSPS) is 12.6. The molecule has 164 valence electrons. The zero-order valence-corrected chi connectivity index (χ0v) is 18.9. The number of benzene rings is 2. The lowest BCUT2D eigenvalue weighted by Gasteiger charge is -2.20. The van der Waals surface area contributed by atoms with E-state index >= 15 is 0 Å². The second kappa shape index (κ2) is 8.60. The summed E-state index contributed by atoms with van der Waals surface area (Å²) in [5.74, 6) is 0.706. The van der Waals surface area contributed by atoms with Crippen LogP contribution in [0.2, 0.25) is 0 Å². The minimum absolute atomic E-state index is 0.0989. The van der Waals surface area contributed by atoms with Gasteiger partial charge in [0.1, 0.15) is 12.1 Å². The van der Waals surface area contributed by atoms with Crippen molar-refractivity contribution in [3.05, 3.63) is 114 Å². The van der Waals surface area contributed by atoms with Gasteiger partial charge in [-0.1, -0.05) is 36.4 Å². The highest BCUT2D eigenvalue weighted by Gasteiger charge is 2.20. The number of sulfone groups is 1. The fraction of sp³-hybridized carbons (Fsp3) is 0.115. The molecule has 5 aromatic rings. The molecule has 33 heavy (non-hydrogen) atoms. The molecule has 0 amide bonds. The van der Waals surface area contributed by atoms with Crippen molar-refractivity contribution in [2.45, 2.75) is 17.2 Å². The zero-order chi connectivity index (χ0) is 22.8. The van der Waals surface area contributed by atoms with E-state index in [2.05, 4.69) is 21.0 Å². The van der Waals surface area contributed by atoms with Crippen LogP contribution >= 0.6 is 0 Å². The molecule has 0 fully saturated rings. The quantitative estimate of drug-likeness (QED) is 0.375. The number of hydrogen-bond donors (Lipinski definition) is 0. The molecule has 1 atom stereocenters. The first kappa shape index (κ1) is 21.0. The fourth-order valence-corrected chi connectivity index (χ4v) is 4.80. The van der Waals surface area contributed by atoms with Gasteiger partial charge in [-0.25, -0.2) is 18.4 Å². The van der Waals surface area contributed by atoms with E-state index in [0.717, 1.165) is 33.5 Å². The average Bonchev–Trinajstić information content (AvgIpc) is 3.27. The Labute approximate surface area is 192 Å². The van der Waals surface area contributed by atoms with E-state index in [1.165, 1.54) is 6.26 Å². The summed E-state index contributed by atoms with van der Waals surface area (Å²) in [6, 6.07) is 23.0. The maximum absolute atomic E-state index is 12.2. The highest BCUT2D eigenvalue weighted by Crippen LogP contribution is 2.31. The average molecular weight is 455 g/mol. The Kier molecular flexibility index (Phi) is 5.48. The Morgan fingerprint density at radius 2 is 1.70 bits per heavy atom. The molecule has 6 nitrogen and oxygen atoms in total. The van der Waals surface area contributed by atoms with Gasteiger partial charge in [0.2, 0.25) is 0 Å². The molecular formula is C26H22N4O2S. The van der Waals surface area contributed by atoms with Crippen LogP contribution in [-0.4, -0.2) is 34.2 Å². The predicted molar refractivity (Wildman–Crippen MR) is 128 cm³/mol. The van der Waals surface area contributed by atoms with Gasteiger partial charge in [-0.05, 0) is 59.5 Å². The van der Waals surface area contributed by atoms with Crippen molar-refractivity contribution in [1.82, 2.24) is 19.5 Å². The largest absolute Gasteiger partial charge is 0.283 e. The molecule has 0 saturated heterocycles. The van der Waals surface area contributed by atoms with Crippen LogP contribution in [0, 0.1) is 0 Å².